The van der Waals surface area contributed by atoms with Crippen molar-refractivity contribution >= 4 is 21.4 Å². The zero-order valence-corrected chi connectivity index (χ0v) is 14.0. The van der Waals surface area contributed by atoms with Crippen molar-refractivity contribution in [1.82, 2.24) is 10.0 Å². The van der Waals surface area contributed by atoms with E-state index in [1.165, 1.54) is 24.2 Å². The molecule has 2 N–H and O–H groups in total. The number of nitrogens with one attached hydrogen (secondary N) is 2. The smallest absolute Gasteiger partial charge is 0.250 e. The summed E-state index contributed by atoms with van der Waals surface area (Å²) in [7, 11) is -3.40. The lowest BCUT2D eigenvalue weighted by atomic mass is 9.98. The molecule has 4 nitrogen and oxygen atoms in total. The normalized spacial score (nSPS) is 16.6. The maximum Gasteiger partial charge on any atom is 0.250 e. The molecule has 0 unspecified atom stereocenters. The first-order valence-electron chi connectivity index (χ1n) is 7.23. The van der Waals surface area contributed by atoms with Crippen LogP contribution in [0.25, 0.3) is 0 Å². The highest BCUT2D eigenvalue weighted by Crippen LogP contribution is 2.25. The highest BCUT2D eigenvalue weighted by atomic mass is 32.2. The van der Waals surface area contributed by atoms with E-state index in [0.29, 0.717) is 10.3 Å². The number of thiophene rings is 1. The number of sulfonamides is 1. The molecule has 1 aromatic heterocycles. The van der Waals surface area contributed by atoms with Crippen molar-refractivity contribution in [2.24, 2.45) is 0 Å². The van der Waals surface area contributed by atoms with Gasteiger partial charge in [-0.1, -0.05) is 13.8 Å². The zero-order chi connectivity index (χ0) is 14.8. The highest BCUT2D eigenvalue weighted by Gasteiger charge is 2.28. The predicted molar refractivity (Wildman–Crippen MR) is 83.5 cm³/mol. The van der Waals surface area contributed by atoms with Gasteiger partial charge in [-0.15, -0.1) is 11.3 Å². The molecule has 0 amide bonds. The van der Waals surface area contributed by atoms with Gasteiger partial charge in [0.2, 0.25) is 0 Å². The van der Waals surface area contributed by atoms with Crippen LogP contribution < -0.4 is 10.0 Å². The fraction of sp³-hybridized carbons (Fsp3) is 0.714. The van der Waals surface area contributed by atoms with E-state index in [1.807, 2.05) is 26.2 Å². The molecule has 0 saturated heterocycles. The Morgan fingerprint density at radius 3 is 2.55 bits per heavy atom. The van der Waals surface area contributed by atoms with Crippen molar-refractivity contribution in [1.29, 1.82) is 0 Å². The highest BCUT2D eigenvalue weighted by molar-refractivity contribution is 7.91. The van der Waals surface area contributed by atoms with Crippen LogP contribution in [0, 0.1) is 0 Å². The van der Waals surface area contributed by atoms with Gasteiger partial charge in [-0.05, 0) is 49.6 Å². The summed E-state index contributed by atoms with van der Waals surface area (Å²) in [5, 5.41) is 5.33. The number of hydrogen-bond donors (Lipinski definition) is 2. The van der Waals surface area contributed by atoms with Crippen LogP contribution in [0.5, 0.6) is 0 Å². The molecular formula is C14H24N2O2S2. The first-order chi connectivity index (χ1) is 9.38. The van der Waals surface area contributed by atoms with Crippen molar-refractivity contribution in [3.05, 3.63) is 17.0 Å². The lowest BCUT2D eigenvalue weighted by Crippen LogP contribution is -2.44. The Labute approximate surface area is 126 Å². The molecule has 20 heavy (non-hydrogen) atoms. The van der Waals surface area contributed by atoms with Crippen LogP contribution in [0.4, 0.5) is 0 Å². The second kappa shape index (κ2) is 6.13. The number of hydrogen-bond acceptors (Lipinski definition) is 4. The van der Waals surface area contributed by atoms with Crippen LogP contribution in [0.1, 0.15) is 52.0 Å². The van der Waals surface area contributed by atoms with E-state index >= 15 is 0 Å². The third kappa shape index (κ3) is 4.04. The Kier molecular flexibility index (Phi) is 4.89. The van der Waals surface area contributed by atoms with Gasteiger partial charge in [0.25, 0.3) is 10.0 Å². The molecule has 2 rings (SSSR count). The molecule has 6 heteroatoms. The zero-order valence-electron chi connectivity index (χ0n) is 12.4. The van der Waals surface area contributed by atoms with E-state index in [9.17, 15) is 8.42 Å². The molecule has 1 aliphatic carbocycles. The second-order valence-corrected chi connectivity index (χ2v) is 8.62. The summed E-state index contributed by atoms with van der Waals surface area (Å²) < 4.78 is 28.1. The minimum atomic E-state index is -3.40. The largest absolute Gasteiger partial charge is 0.310 e. The maximum atomic E-state index is 12.4. The summed E-state index contributed by atoms with van der Waals surface area (Å²) in [6, 6.07) is 2.42. The second-order valence-electron chi connectivity index (χ2n) is 5.80. The topological polar surface area (TPSA) is 58.2 Å². The molecule has 1 aliphatic rings. The summed E-state index contributed by atoms with van der Waals surface area (Å²) >= 11 is 1.30. The Hall–Kier alpha value is -0.430. The summed E-state index contributed by atoms with van der Waals surface area (Å²) in [5.41, 5.74) is 0.687. The SMILES string of the molecule is CCC(C)(CC)NS(=O)(=O)c1cc(CNC2CC2)cs1. The van der Waals surface area contributed by atoms with E-state index in [4.69, 9.17) is 0 Å². The molecule has 0 atom stereocenters. The summed E-state index contributed by atoms with van der Waals surface area (Å²) in [4.78, 5) is 0. The van der Waals surface area contributed by atoms with Crippen LogP contribution in [0.15, 0.2) is 15.7 Å². The average Bonchev–Trinajstić information content (AvgIpc) is 3.11. The van der Waals surface area contributed by atoms with Crippen molar-refractivity contribution in [3.8, 4) is 0 Å². The summed E-state index contributed by atoms with van der Waals surface area (Å²) in [6.45, 7) is 6.72. The molecular weight excluding hydrogens is 292 g/mol. The van der Waals surface area contributed by atoms with Gasteiger partial charge in [0.15, 0.2) is 0 Å². The quantitative estimate of drug-likeness (QED) is 0.775. The van der Waals surface area contributed by atoms with Crippen LogP contribution in [-0.4, -0.2) is 20.0 Å². The maximum absolute atomic E-state index is 12.4. The monoisotopic (exact) mass is 316 g/mol. The fourth-order valence-electron chi connectivity index (χ4n) is 1.91. The summed E-state index contributed by atoms with van der Waals surface area (Å²) in [5.74, 6) is 0. The van der Waals surface area contributed by atoms with Gasteiger partial charge >= 0.3 is 0 Å². The van der Waals surface area contributed by atoms with Crippen molar-refractivity contribution < 1.29 is 8.42 Å². The summed E-state index contributed by atoms with van der Waals surface area (Å²) in [6.07, 6.45) is 4.04. The Morgan fingerprint density at radius 1 is 1.35 bits per heavy atom. The van der Waals surface area contributed by atoms with E-state index in [-0.39, 0.29) is 5.54 Å². The third-order valence-corrected chi connectivity index (χ3v) is 7.13. The molecule has 1 saturated carbocycles. The van der Waals surface area contributed by atoms with E-state index < -0.39 is 10.0 Å². The molecule has 0 radical (unpaired) electrons. The van der Waals surface area contributed by atoms with Gasteiger partial charge < -0.3 is 5.32 Å². The third-order valence-electron chi connectivity index (χ3n) is 4.01. The first kappa shape index (κ1) is 15.9. The standard InChI is InChI=1S/C14H24N2O2S2/c1-4-14(3,5-2)16-20(17,18)13-8-11(10-19-13)9-15-12-6-7-12/h8,10,12,15-16H,4-7,9H2,1-3H3. The first-order valence-corrected chi connectivity index (χ1v) is 9.59. The minimum Gasteiger partial charge on any atom is -0.310 e. The molecule has 0 aromatic carbocycles. The predicted octanol–water partition coefficient (Wildman–Crippen LogP) is 2.86. The van der Waals surface area contributed by atoms with Crippen LogP contribution >= 0.6 is 11.3 Å². The molecule has 1 heterocycles. The minimum absolute atomic E-state index is 0.366. The molecule has 1 fully saturated rings. The Morgan fingerprint density at radius 2 is 2.00 bits per heavy atom. The van der Waals surface area contributed by atoms with Gasteiger partial charge in [-0.2, -0.15) is 0 Å². The molecule has 0 bridgehead atoms. The van der Waals surface area contributed by atoms with Crippen molar-refractivity contribution in [2.45, 2.75) is 68.8 Å². The fourth-order valence-corrected chi connectivity index (χ4v) is 4.66. The van der Waals surface area contributed by atoms with Gasteiger partial charge in [-0.25, -0.2) is 13.1 Å². The van der Waals surface area contributed by atoms with Gasteiger partial charge in [-0.3, -0.25) is 0 Å². The van der Waals surface area contributed by atoms with E-state index in [1.54, 1.807) is 6.07 Å². The van der Waals surface area contributed by atoms with Gasteiger partial charge in [0.05, 0.1) is 0 Å². The van der Waals surface area contributed by atoms with Crippen molar-refractivity contribution in [3.63, 3.8) is 0 Å². The van der Waals surface area contributed by atoms with Crippen LogP contribution in [-0.2, 0) is 16.6 Å². The average molecular weight is 316 g/mol. The molecule has 114 valence electrons. The lowest BCUT2D eigenvalue weighted by Gasteiger charge is -2.27. The van der Waals surface area contributed by atoms with Gasteiger partial charge in [0, 0.05) is 18.1 Å². The Balaban J connectivity index is 2.04. The van der Waals surface area contributed by atoms with Crippen LogP contribution in [0.2, 0.25) is 0 Å². The Bertz CT molecular complexity index is 543. The lowest BCUT2D eigenvalue weighted by molar-refractivity contribution is 0.389. The molecule has 1 aromatic rings. The molecule has 0 spiro atoms. The number of rotatable bonds is 8. The van der Waals surface area contributed by atoms with Crippen LogP contribution in [0.3, 0.4) is 0 Å². The van der Waals surface area contributed by atoms with Gasteiger partial charge in [0.1, 0.15) is 4.21 Å². The molecule has 0 aliphatic heterocycles. The van der Waals surface area contributed by atoms with Crippen molar-refractivity contribution in [2.75, 3.05) is 0 Å². The van der Waals surface area contributed by atoms with E-state index in [0.717, 1.165) is 24.9 Å². The van der Waals surface area contributed by atoms with E-state index in [2.05, 4.69) is 10.0 Å².